The number of rotatable bonds is 2. The summed E-state index contributed by atoms with van der Waals surface area (Å²) in [6.07, 6.45) is 4.78. The number of benzene rings is 1. The Hall–Kier alpha value is -1.77. The highest BCUT2D eigenvalue weighted by Crippen LogP contribution is 2.40. The highest BCUT2D eigenvalue weighted by molar-refractivity contribution is 6.30. The molecule has 0 radical (unpaired) electrons. The van der Waals surface area contributed by atoms with E-state index in [1.165, 1.54) is 0 Å². The first kappa shape index (κ1) is 18.6. The zero-order chi connectivity index (χ0) is 19.1. The van der Waals surface area contributed by atoms with Crippen molar-refractivity contribution in [1.29, 1.82) is 5.26 Å². The first-order chi connectivity index (χ1) is 12.9. The standard InChI is InChI=1S/C21H26ClN3O2/c1-20(19(26)25-9-2-5-21(15-25)8-12-27-21)6-10-24(11-7-20)18-4-3-17(22)13-16(18)14-23/h3-4,13H,2,5-12,15H2,1H3. The van der Waals surface area contributed by atoms with E-state index in [0.29, 0.717) is 10.6 Å². The van der Waals surface area contributed by atoms with E-state index in [1.807, 2.05) is 17.0 Å². The van der Waals surface area contributed by atoms with Crippen LogP contribution in [0.2, 0.25) is 5.02 Å². The van der Waals surface area contributed by atoms with E-state index in [4.69, 9.17) is 16.3 Å². The van der Waals surface area contributed by atoms with Crippen LogP contribution in [-0.4, -0.2) is 49.2 Å². The summed E-state index contributed by atoms with van der Waals surface area (Å²) in [5.74, 6) is 0.272. The number of hydrogen-bond donors (Lipinski definition) is 0. The fraction of sp³-hybridized carbons (Fsp3) is 0.619. The topological polar surface area (TPSA) is 56.6 Å². The average molecular weight is 388 g/mol. The molecule has 144 valence electrons. The number of likely N-dealkylation sites (tertiary alicyclic amines) is 1. The lowest BCUT2D eigenvalue weighted by Crippen LogP contribution is -2.60. The molecule has 27 heavy (non-hydrogen) atoms. The molecule has 1 spiro atoms. The van der Waals surface area contributed by atoms with Gasteiger partial charge in [-0.05, 0) is 43.9 Å². The van der Waals surface area contributed by atoms with Crippen LogP contribution in [0.1, 0.15) is 44.6 Å². The lowest BCUT2D eigenvalue weighted by molar-refractivity contribution is -0.186. The first-order valence-electron chi connectivity index (χ1n) is 9.83. The maximum atomic E-state index is 13.3. The van der Waals surface area contributed by atoms with Crippen molar-refractivity contribution in [2.45, 2.75) is 44.6 Å². The van der Waals surface area contributed by atoms with Gasteiger partial charge in [-0.15, -0.1) is 0 Å². The Bertz CT molecular complexity index is 776. The van der Waals surface area contributed by atoms with Crippen molar-refractivity contribution in [2.75, 3.05) is 37.7 Å². The van der Waals surface area contributed by atoms with Crippen molar-refractivity contribution in [1.82, 2.24) is 4.90 Å². The third kappa shape index (κ3) is 3.41. The predicted molar refractivity (Wildman–Crippen MR) is 105 cm³/mol. The highest BCUT2D eigenvalue weighted by atomic mass is 35.5. The molecule has 1 aromatic rings. The molecule has 3 heterocycles. The third-order valence-electron chi connectivity index (χ3n) is 6.60. The van der Waals surface area contributed by atoms with E-state index in [-0.39, 0.29) is 16.9 Å². The van der Waals surface area contributed by atoms with Gasteiger partial charge in [-0.25, -0.2) is 0 Å². The van der Waals surface area contributed by atoms with Crippen LogP contribution >= 0.6 is 11.6 Å². The molecule has 3 fully saturated rings. The molecule has 3 aliphatic heterocycles. The van der Waals surface area contributed by atoms with Crippen molar-refractivity contribution >= 4 is 23.2 Å². The minimum Gasteiger partial charge on any atom is -0.373 e. The van der Waals surface area contributed by atoms with Crippen LogP contribution in [-0.2, 0) is 9.53 Å². The summed E-state index contributed by atoms with van der Waals surface area (Å²) in [7, 11) is 0. The number of carbonyl (C=O) groups is 1. The van der Waals surface area contributed by atoms with Gasteiger partial charge in [-0.3, -0.25) is 4.79 Å². The van der Waals surface area contributed by atoms with Gasteiger partial charge in [0.15, 0.2) is 0 Å². The molecule has 0 aliphatic carbocycles. The number of piperidine rings is 2. The average Bonchev–Trinajstić information content (AvgIpc) is 2.67. The van der Waals surface area contributed by atoms with Crippen molar-refractivity contribution in [3.63, 3.8) is 0 Å². The zero-order valence-corrected chi connectivity index (χ0v) is 16.6. The van der Waals surface area contributed by atoms with Gasteiger partial charge >= 0.3 is 0 Å². The Labute approximate surface area is 165 Å². The summed E-state index contributed by atoms with van der Waals surface area (Å²) >= 11 is 6.02. The van der Waals surface area contributed by atoms with E-state index in [2.05, 4.69) is 17.9 Å². The molecule has 5 nitrogen and oxygen atoms in total. The Balaban J connectivity index is 1.43. The normalized spacial score (nSPS) is 27.1. The van der Waals surface area contributed by atoms with Crippen LogP contribution in [0.4, 0.5) is 5.69 Å². The van der Waals surface area contributed by atoms with E-state index in [9.17, 15) is 10.1 Å². The Morgan fingerprint density at radius 2 is 1.96 bits per heavy atom. The van der Waals surface area contributed by atoms with E-state index < -0.39 is 0 Å². The lowest BCUT2D eigenvalue weighted by atomic mass is 9.77. The van der Waals surface area contributed by atoms with Crippen LogP contribution in [0, 0.1) is 16.7 Å². The molecular weight excluding hydrogens is 362 g/mol. The molecule has 0 saturated carbocycles. The second kappa shape index (κ2) is 7.00. The Morgan fingerprint density at radius 3 is 2.59 bits per heavy atom. The van der Waals surface area contributed by atoms with E-state index in [1.54, 1.807) is 6.07 Å². The summed E-state index contributed by atoms with van der Waals surface area (Å²) in [5, 5.41) is 9.98. The smallest absolute Gasteiger partial charge is 0.228 e. The number of carbonyl (C=O) groups excluding carboxylic acids is 1. The van der Waals surface area contributed by atoms with Gasteiger partial charge in [0.1, 0.15) is 6.07 Å². The molecule has 0 aromatic heterocycles. The zero-order valence-electron chi connectivity index (χ0n) is 15.8. The van der Waals surface area contributed by atoms with Crippen LogP contribution in [0.5, 0.6) is 0 Å². The number of ether oxygens (including phenoxy) is 1. The fourth-order valence-corrected chi connectivity index (χ4v) is 4.87. The van der Waals surface area contributed by atoms with E-state index in [0.717, 1.165) is 70.6 Å². The molecule has 1 unspecified atom stereocenters. The maximum Gasteiger partial charge on any atom is 0.228 e. The second-order valence-corrected chi connectivity index (χ2v) is 8.87. The summed E-state index contributed by atoms with van der Waals surface area (Å²) in [5.41, 5.74) is 1.11. The van der Waals surface area contributed by atoms with Gasteiger partial charge in [-0.1, -0.05) is 18.5 Å². The number of hydrogen-bond acceptors (Lipinski definition) is 4. The summed E-state index contributed by atoms with van der Waals surface area (Å²) in [4.78, 5) is 17.5. The number of nitriles is 1. The molecule has 1 atom stereocenters. The minimum atomic E-state index is -0.335. The van der Waals surface area contributed by atoms with Gasteiger partial charge < -0.3 is 14.5 Å². The maximum absolute atomic E-state index is 13.3. The summed E-state index contributed by atoms with van der Waals surface area (Å²) in [6, 6.07) is 7.68. The molecule has 1 amide bonds. The van der Waals surface area contributed by atoms with Crippen molar-refractivity contribution < 1.29 is 9.53 Å². The summed E-state index contributed by atoms with van der Waals surface area (Å²) < 4.78 is 5.83. The van der Waals surface area contributed by atoms with Gasteiger partial charge in [0.05, 0.1) is 23.5 Å². The number of anilines is 1. The summed E-state index contributed by atoms with van der Waals surface area (Å²) in [6.45, 7) is 6.07. The van der Waals surface area contributed by atoms with Crippen molar-refractivity contribution in [3.05, 3.63) is 28.8 Å². The molecule has 0 N–H and O–H groups in total. The highest BCUT2D eigenvalue weighted by Gasteiger charge is 2.47. The first-order valence-corrected chi connectivity index (χ1v) is 10.2. The molecule has 0 bridgehead atoms. The molecule has 4 rings (SSSR count). The number of amides is 1. The Morgan fingerprint density at radius 1 is 1.22 bits per heavy atom. The SMILES string of the molecule is CC1(C(=O)N2CCCC3(CCO3)C2)CCN(c2ccc(Cl)cc2C#N)CC1. The van der Waals surface area contributed by atoms with E-state index >= 15 is 0 Å². The number of halogens is 1. The van der Waals surface area contributed by atoms with Gasteiger partial charge in [0.2, 0.25) is 5.91 Å². The second-order valence-electron chi connectivity index (χ2n) is 8.43. The molecule has 3 aliphatic rings. The van der Waals surface area contributed by atoms with Crippen LogP contribution in [0.3, 0.4) is 0 Å². The van der Waals surface area contributed by atoms with Crippen molar-refractivity contribution in [2.24, 2.45) is 5.41 Å². The van der Waals surface area contributed by atoms with Crippen molar-refractivity contribution in [3.8, 4) is 6.07 Å². The molecule has 1 aromatic carbocycles. The predicted octanol–water partition coefficient (Wildman–Crippen LogP) is 3.60. The van der Waals surface area contributed by atoms with Crippen LogP contribution in [0.15, 0.2) is 18.2 Å². The van der Waals surface area contributed by atoms with Gasteiger partial charge in [-0.2, -0.15) is 5.26 Å². The van der Waals surface area contributed by atoms with Crippen LogP contribution in [0.25, 0.3) is 0 Å². The lowest BCUT2D eigenvalue weighted by Gasteiger charge is -2.50. The minimum absolute atomic E-state index is 0.0595. The monoisotopic (exact) mass is 387 g/mol. The fourth-order valence-electron chi connectivity index (χ4n) is 4.69. The largest absolute Gasteiger partial charge is 0.373 e. The van der Waals surface area contributed by atoms with Crippen LogP contribution < -0.4 is 4.90 Å². The third-order valence-corrected chi connectivity index (χ3v) is 6.83. The van der Waals surface area contributed by atoms with Gasteiger partial charge in [0.25, 0.3) is 0 Å². The number of nitrogens with zero attached hydrogens (tertiary/aromatic N) is 3. The quantitative estimate of drug-likeness (QED) is 0.778. The molecule has 6 heteroatoms. The Kier molecular flexibility index (Phi) is 4.82. The molecular formula is C21H26ClN3O2. The molecule has 3 saturated heterocycles. The van der Waals surface area contributed by atoms with Gasteiger partial charge in [0, 0.05) is 43.0 Å².